The fourth-order valence-corrected chi connectivity index (χ4v) is 2.08. The zero-order valence-corrected chi connectivity index (χ0v) is 11.6. The number of rotatable bonds is 12. The summed E-state index contributed by atoms with van der Waals surface area (Å²) in [6.45, 7) is 5.06. The summed E-state index contributed by atoms with van der Waals surface area (Å²) in [6, 6.07) is 0. The Morgan fingerprint density at radius 1 is 0.812 bits per heavy atom. The van der Waals surface area contributed by atoms with Crippen molar-refractivity contribution < 1.29 is 13.6 Å². The van der Waals surface area contributed by atoms with Gasteiger partial charge in [0, 0.05) is 4.57 Å². The van der Waals surface area contributed by atoms with Crippen LogP contribution in [0.2, 0.25) is 0 Å². The second-order valence-electron chi connectivity index (χ2n) is 3.95. The summed E-state index contributed by atoms with van der Waals surface area (Å²) in [7, 11) is -1.86. The van der Waals surface area contributed by atoms with Gasteiger partial charge in [-0.1, -0.05) is 51.9 Å². The van der Waals surface area contributed by atoms with Gasteiger partial charge in [-0.25, -0.2) is 0 Å². The van der Waals surface area contributed by atoms with Crippen LogP contribution in [0.25, 0.3) is 0 Å². The van der Waals surface area contributed by atoms with Crippen molar-refractivity contribution in [3.05, 3.63) is 0 Å². The molecule has 3 nitrogen and oxygen atoms in total. The van der Waals surface area contributed by atoms with Crippen LogP contribution in [0, 0.1) is 0 Å². The first-order chi connectivity index (χ1) is 7.81. The number of hydrogen-bond donors (Lipinski definition) is 0. The van der Waals surface area contributed by atoms with Gasteiger partial charge in [0.05, 0.1) is 0 Å². The van der Waals surface area contributed by atoms with Gasteiger partial charge in [0.2, 0.25) is 0 Å². The molecule has 0 aromatic rings. The first kappa shape index (κ1) is 16.0. The van der Waals surface area contributed by atoms with Crippen LogP contribution in [-0.2, 0) is 13.6 Å². The Kier molecular flexibility index (Phi) is 13.1. The molecular weight excluding hydrogens is 223 g/mol. The molecule has 96 valence electrons. The van der Waals surface area contributed by atoms with Gasteiger partial charge in [-0.15, -0.1) is 9.05 Å². The molecule has 4 heteroatoms. The molecule has 0 N–H and O–H groups in total. The molecule has 0 aromatic heterocycles. The van der Waals surface area contributed by atoms with Crippen LogP contribution in [0.4, 0.5) is 0 Å². The Bertz CT molecular complexity index is 162. The molecule has 0 aliphatic heterocycles. The summed E-state index contributed by atoms with van der Waals surface area (Å²) in [5.41, 5.74) is 0. The molecule has 0 amide bonds. The summed E-state index contributed by atoms with van der Waals surface area (Å²) >= 11 is 0. The van der Waals surface area contributed by atoms with Gasteiger partial charge in [-0.3, -0.25) is 0 Å². The Labute approximate surface area is 101 Å². The standard InChI is InChI=1S/C12H26O3P/c1-3-5-6-7-8-9-10-11-12-15-16(13)14-4-2/h3-12H2,1-2H3/q+1. The maximum absolute atomic E-state index is 11.0. The van der Waals surface area contributed by atoms with Crippen LogP contribution in [0.15, 0.2) is 0 Å². The first-order valence-corrected chi connectivity index (χ1v) is 7.63. The molecular formula is C12H26O3P+. The van der Waals surface area contributed by atoms with Crippen molar-refractivity contribution in [2.45, 2.75) is 65.2 Å². The average molecular weight is 249 g/mol. The molecule has 0 rings (SSSR count). The third kappa shape index (κ3) is 12.1. The van der Waals surface area contributed by atoms with E-state index in [1.54, 1.807) is 0 Å². The SMILES string of the molecule is CCCCCCCCCCO[P+](=O)OCC. The quantitative estimate of drug-likeness (QED) is 0.367. The van der Waals surface area contributed by atoms with Crippen molar-refractivity contribution in [1.82, 2.24) is 0 Å². The molecule has 0 saturated carbocycles. The van der Waals surface area contributed by atoms with Crippen molar-refractivity contribution in [1.29, 1.82) is 0 Å². The lowest BCUT2D eigenvalue weighted by atomic mass is 10.1. The highest BCUT2D eigenvalue weighted by Crippen LogP contribution is 2.23. The molecule has 0 aliphatic carbocycles. The van der Waals surface area contributed by atoms with Crippen LogP contribution >= 0.6 is 8.25 Å². The zero-order valence-electron chi connectivity index (χ0n) is 10.7. The van der Waals surface area contributed by atoms with E-state index >= 15 is 0 Å². The third-order valence-corrected chi connectivity index (χ3v) is 3.29. The van der Waals surface area contributed by atoms with Gasteiger partial charge >= 0.3 is 8.25 Å². The minimum Gasteiger partial charge on any atom is -0.119 e. The van der Waals surface area contributed by atoms with Gasteiger partial charge in [0.15, 0.2) is 0 Å². The van der Waals surface area contributed by atoms with E-state index in [9.17, 15) is 4.57 Å². The molecule has 1 atom stereocenters. The lowest BCUT2D eigenvalue weighted by Crippen LogP contribution is -1.89. The number of unbranched alkanes of at least 4 members (excludes halogenated alkanes) is 7. The van der Waals surface area contributed by atoms with Gasteiger partial charge in [-0.05, 0) is 13.3 Å². The summed E-state index contributed by atoms with van der Waals surface area (Å²) in [5.74, 6) is 0. The highest BCUT2D eigenvalue weighted by Gasteiger charge is 2.17. The van der Waals surface area contributed by atoms with E-state index in [1.807, 2.05) is 6.92 Å². The van der Waals surface area contributed by atoms with Crippen LogP contribution in [0.1, 0.15) is 65.2 Å². The maximum atomic E-state index is 11.0. The molecule has 0 aromatic carbocycles. The van der Waals surface area contributed by atoms with Crippen molar-refractivity contribution in [3.63, 3.8) is 0 Å². The molecule has 0 spiro atoms. The highest BCUT2D eigenvalue weighted by molar-refractivity contribution is 7.33. The Morgan fingerprint density at radius 2 is 1.38 bits per heavy atom. The Morgan fingerprint density at radius 3 is 1.94 bits per heavy atom. The van der Waals surface area contributed by atoms with E-state index in [0.29, 0.717) is 13.2 Å². The predicted molar refractivity (Wildman–Crippen MR) is 67.8 cm³/mol. The van der Waals surface area contributed by atoms with Crippen molar-refractivity contribution in [3.8, 4) is 0 Å². The van der Waals surface area contributed by atoms with E-state index < -0.39 is 8.25 Å². The third-order valence-electron chi connectivity index (χ3n) is 2.43. The van der Waals surface area contributed by atoms with E-state index in [2.05, 4.69) is 6.92 Å². The second-order valence-corrected chi connectivity index (χ2v) is 4.91. The summed E-state index contributed by atoms with van der Waals surface area (Å²) in [5, 5.41) is 0. The van der Waals surface area contributed by atoms with E-state index in [0.717, 1.165) is 6.42 Å². The predicted octanol–water partition coefficient (Wildman–Crippen LogP) is 4.84. The van der Waals surface area contributed by atoms with Crippen molar-refractivity contribution in [2.24, 2.45) is 0 Å². The van der Waals surface area contributed by atoms with Crippen LogP contribution in [-0.4, -0.2) is 13.2 Å². The summed E-state index contributed by atoms with van der Waals surface area (Å²) < 4.78 is 20.8. The topological polar surface area (TPSA) is 35.5 Å². The summed E-state index contributed by atoms with van der Waals surface area (Å²) in [4.78, 5) is 0. The van der Waals surface area contributed by atoms with E-state index in [-0.39, 0.29) is 0 Å². The minimum atomic E-state index is -1.86. The number of hydrogen-bond acceptors (Lipinski definition) is 3. The van der Waals surface area contributed by atoms with Crippen LogP contribution in [0.5, 0.6) is 0 Å². The van der Waals surface area contributed by atoms with Gasteiger partial charge in [-0.2, -0.15) is 0 Å². The molecule has 0 saturated heterocycles. The molecule has 0 aliphatic rings. The fourth-order valence-electron chi connectivity index (χ4n) is 1.52. The van der Waals surface area contributed by atoms with Crippen LogP contribution < -0.4 is 0 Å². The minimum absolute atomic E-state index is 0.451. The molecule has 1 unspecified atom stereocenters. The normalized spacial score (nSPS) is 11.8. The van der Waals surface area contributed by atoms with Gasteiger partial charge in [0.1, 0.15) is 13.2 Å². The molecule has 0 fully saturated rings. The maximum Gasteiger partial charge on any atom is 0.697 e. The van der Waals surface area contributed by atoms with Gasteiger partial charge < -0.3 is 0 Å². The second kappa shape index (κ2) is 13.1. The smallest absolute Gasteiger partial charge is 0.119 e. The van der Waals surface area contributed by atoms with Gasteiger partial charge in [0.25, 0.3) is 0 Å². The molecule has 0 heterocycles. The Balaban J connectivity index is 3.01. The fraction of sp³-hybridized carbons (Fsp3) is 1.00. The lowest BCUT2D eigenvalue weighted by Gasteiger charge is -1.99. The Hall–Kier alpha value is 0.0200. The molecule has 0 radical (unpaired) electrons. The monoisotopic (exact) mass is 249 g/mol. The van der Waals surface area contributed by atoms with Crippen LogP contribution in [0.3, 0.4) is 0 Å². The van der Waals surface area contributed by atoms with Crippen molar-refractivity contribution in [2.75, 3.05) is 13.2 Å². The lowest BCUT2D eigenvalue weighted by molar-refractivity contribution is 0.229. The van der Waals surface area contributed by atoms with E-state index in [4.69, 9.17) is 9.05 Å². The largest absolute Gasteiger partial charge is 0.697 e. The molecule has 16 heavy (non-hydrogen) atoms. The average Bonchev–Trinajstić information content (AvgIpc) is 2.27. The zero-order chi connectivity index (χ0) is 12.1. The molecule has 0 bridgehead atoms. The summed E-state index contributed by atoms with van der Waals surface area (Å²) in [6.07, 6.45) is 10.1. The first-order valence-electron chi connectivity index (χ1n) is 6.54. The van der Waals surface area contributed by atoms with E-state index in [1.165, 1.54) is 44.9 Å². The van der Waals surface area contributed by atoms with Crippen molar-refractivity contribution >= 4 is 8.25 Å². The highest BCUT2D eigenvalue weighted by atomic mass is 31.1.